The van der Waals surface area contributed by atoms with Crippen molar-refractivity contribution in [1.82, 2.24) is 9.97 Å². The number of benzene rings is 1. The van der Waals surface area contributed by atoms with Crippen molar-refractivity contribution in [2.24, 2.45) is 0 Å². The molecule has 0 bridgehead atoms. The second-order valence-electron chi connectivity index (χ2n) is 4.53. The average molecular weight is 256 g/mol. The number of rotatable bonds is 5. The highest BCUT2D eigenvalue weighted by Gasteiger charge is 2.08. The molecule has 2 rings (SSSR count). The molecule has 4 heteroatoms. The van der Waals surface area contributed by atoms with Gasteiger partial charge in [-0.15, -0.1) is 0 Å². The lowest BCUT2D eigenvalue weighted by atomic mass is 10.1. The monoisotopic (exact) mass is 256 g/mol. The van der Waals surface area contributed by atoms with E-state index in [-0.39, 0.29) is 6.04 Å². The molecule has 0 aliphatic heterocycles. The van der Waals surface area contributed by atoms with Crippen LogP contribution < -0.4 is 10.6 Å². The van der Waals surface area contributed by atoms with E-state index in [2.05, 4.69) is 39.7 Å². The van der Waals surface area contributed by atoms with Crippen LogP contribution in [0.2, 0.25) is 0 Å². The summed E-state index contributed by atoms with van der Waals surface area (Å²) in [6.45, 7) is 6.99. The van der Waals surface area contributed by atoms with Gasteiger partial charge in [-0.05, 0) is 26.3 Å². The molecule has 0 spiro atoms. The molecular formula is C15H20N4. The molecule has 1 heterocycles. The summed E-state index contributed by atoms with van der Waals surface area (Å²) in [6.07, 6.45) is 1.84. The van der Waals surface area contributed by atoms with E-state index < -0.39 is 0 Å². The van der Waals surface area contributed by atoms with Crippen molar-refractivity contribution >= 4 is 11.8 Å². The van der Waals surface area contributed by atoms with Crippen LogP contribution in [0, 0.1) is 6.92 Å². The SMILES string of the molecule is CCNc1ncc(C)c(NC(C)c2ccccc2)n1. The largest absolute Gasteiger partial charge is 0.363 e. The quantitative estimate of drug-likeness (QED) is 0.861. The molecule has 1 aromatic carbocycles. The smallest absolute Gasteiger partial charge is 0.224 e. The van der Waals surface area contributed by atoms with Crippen LogP contribution >= 0.6 is 0 Å². The highest BCUT2D eigenvalue weighted by molar-refractivity contribution is 5.48. The van der Waals surface area contributed by atoms with Crippen molar-refractivity contribution in [3.8, 4) is 0 Å². The summed E-state index contributed by atoms with van der Waals surface area (Å²) in [5, 5.41) is 6.56. The minimum absolute atomic E-state index is 0.212. The van der Waals surface area contributed by atoms with Gasteiger partial charge in [0.1, 0.15) is 5.82 Å². The first kappa shape index (κ1) is 13.3. The van der Waals surface area contributed by atoms with E-state index >= 15 is 0 Å². The topological polar surface area (TPSA) is 49.8 Å². The van der Waals surface area contributed by atoms with Gasteiger partial charge in [-0.25, -0.2) is 4.98 Å². The molecule has 100 valence electrons. The molecule has 1 aromatic heterocycles. The summed E-state index contributed by atoms with van der Waals surface area (Å²) < 4.78 is 0. The third-order valence-electron chi connectivity index (χ3n) is 2.96. The van der Waals surface area contributed by atoms with Crippen LogP contribution in [0.1, 0.15) is 31.0 Å². The molecule has 0 aliphatic carbocycles. The zero-order valence-corrected chi connectivity index (χ0v) is 11.6. The normalized spacial score (nSPS) is 11.9. The number of aryl methyl sites for hydroxylation is 1. The Bertz CT molecular complexity index is 525. The minimum Gasteiger partial charge on any atom is -0.363 e. The Morgan fingerprint density at radius 2 is 1.95 bits per heavy atom. The average Bonchev–Trinajstić information content (AvgIpc) is 2.44. The van der Waals surface area contributed by atoms with Crippen molar-refractivity contribution in [3.63, 3.8) is 0 Å². The Kier molecular flexibility index (Phi) is 4.34. The van der Waals surface area contributed by atoms with Crippen molar-refractivity contribution < 1.29 is 0 Å². The predicted octanol–water partition coefficient (Wildman–Crippen LogP) is 3.39. The summed E-state index contributed by atoms with van der Waals surface area (Å²) in [5.74, 6) is 1.54. The van der Waals surface area contributed by atoms with E-state index in [9.17, 15) is 0 Å². The third-order valence-corrected chi connectivity index (χ3v) is 2.96. The molecule has 0 amide bonds. The van der Waals surface area contributed by atoms with Crippen LogP contribution in [0.5, 0.6) is 0 Å². The fourth-order valence-electron chi connectivity index (χ4n) is 1.86. The van der Waals surface area contributed by atoms with E-state index in [1.165, 1.54) is 5.56 Å². The maximum atomic E-state index is 4.49. The number of anilines is 2. The summed E-state index contributed by atoms with van der Waals surface area (Å²) in [6, 6.07) is 10.5. The summed E-state index contributed by atoms with van der Waals surface area (Å²) in [4.78, 5) is 8.74. The van der Waals surface area contributed by atoms with Gasteiger partial charge in [-0.1, -0.05) is 30.3 Å². The zero-order chi connectivity index (χ0) is 13.7. The highest BCUT2D eigenvalue weighted by atomic mass is 15.1. The standard InChI is InChI=1S/C15H20N4/c1-4-16-15-17-10-11(2)14(19-15)18-12(3)13-8-6-5-7-9-13/h5-10,12H,4H2,1-3H3,(H2,16,17,18,19). The van der Waals surface area contributed by atoms with E-state index in [4.69, 9.17) is 0 Å². The predicted molar refractivity (Wildman–Crippen MR) is 79.4 cm³/mol. The number of hydrogen-bond acceptors (Lipinski definition) is 4. The molecule has 0 fully saturated rings. The molecular weight excluding hydrogens is 236 g/mol. The first-order valence-corrected chi connectivity index (χ1v) is 6.59. The van der Waals surface area contributed by atoms with Gasteiger partial charge < -0.3 is 10.6 Å². The number of aromatic nitrogens is 2. The van der Waals surface area contributed by atoms with Crippen LogP contribution in [0.15, 0.2) is 36.5 Å². The van der Waals surface area contributed by atoms with Crippen LogP contribution in [-0.4, -0.2) is 16.5 Å². The van der Waals surface area contributed by atoms with Crippen LogP contribution in [-0.2, 0) is 0 Å². The lowest BCUT2D eigenvalue weighted by Gasteiger charge is -2.17. The van der Waals surface area contributed by atoms with Gasteiger partial charge in [0.15, 0.2) is 0 Å². The lowest BCUT2D eigenvalue weighted by Crippen LogP contribution is -2.11. The van der Waals surface area contributed by atoms with Gasteiger partial charge >= 0.3 is 0 Å². The Morgan fingerprint density at radius 3 is 2.63 bits per heavy atom. The fraction of sp³-hybridized carbons (Fsp3) is 0.333. The molecule has 0 saturated heterocycles. The number of hydrogen-bond donors (Lipinski definition) is 2. The van der Waals surface area contributed by atoms with E-state index in [1.54, 1.807) is 0 Å². The van der Waals surface area contributed by atoms with Gasteiger partial charge in [0.25, 0.3) is 0 Å². The van der Waals surface area contributed by atoms with Gasteiger partial charge in [0, 0.05) is 24.3 Å². The molecule has 4 nitrogen and oxygen atoms in total. The highest BCUT2D eigenvalue weighted by Crippen LogP contribution is 2.20. The maximum absolute atomic E-state index is 4.49. The van der Waals surface area contributed by atoms with Crippen molar-refractivity contribution in [2.45, 2.75) is 26.8 Å². The molecule has 2 aromatic rings. The van der Waals surface area contributed by atoms with Crippen molar-refractivity contribution in [2.75, 3.05) is 17.2 Å². The second kappa shape index (κ2) is 6.18. The molecule has 0 aliphatic rings. The molecule has 0 saturated carbocycles. The summed E-state index contributed by atoms with van der Waals surface area (Å²) in [7, 11) is 0. The zero-order valence-electron chi connectivity index (χ0n) is 11.6. The van der Waals surface area contributed by atoms with Gasteiger partial charge in [0.05, 0.1) is 0 Å². The lowest BCUT2D eigenvalue weighted by molar-refractivity contribution is 0.868. The fourth-order valence-corrected chi connectivity index (χ4v) is 1.86. The maximum Gasteiger partial charge on any atom is 0.224 e. The third kappa shape index (κ3) is 3.44. The van der Waals surface area contributed by atoms with Crippen LogP contribution in [0.25, 0.3) is 0 Å². The van der Waals surface area contributed by atoms with Crippen LogP contribution in [0.4, 0.5) is 11.8 Å². The van der Waals surface area contributed by atoms with E-state index in [0.29, 0.717) is 5.95 Å². The first-order chi connectivity index (χ1) is 9.20. The number of nitrogens with zero attached hydrogens (tertiary/aromatic N) is 2. The van der Waals surface area contributed by atoms with E-state index in [1.807, 2.05) is 38.2 Å². The Labute approximate surface area is 114 Å². The summed E-state index contributed by atoms with van der Waals surface area (Å²) in [5.41, 5.74) is 2.29. The first-order valence-electron chi connectivity index (χ1n) is 6.59. The van der Waals surface area contributed by atoms with Gasteiger partial charge in [-0.2, -0.15) is 4.98 Å². The molecule has 1 atom stereocenters. The summed E-state index contributed by atoms with van der Waals surface area (Å²) >= 11 is 0. The Morgan fingerprint density at radius 1 is 1.21 bits per heavy atom. The Hall–Kier alpha value is -2.10. The molecule has 1 unspecified atom stereocenters. The second-order valence-corrected chi connectivity index (χ2v) is 4.53. The van der Waals surface area contributed by atoms with Crippen LogP contribution in [0.3, 0.4) is 0 Å². The van der Waals surface area contributed by atoms with Crippen molar-refractivity contribution in [1.29, 1.82) is 0 Å². The van der Waals surface area contributed by atoms with Crippen molar-refractivity contribution in [3.05, 3.63) is 47.7 Å². The minimum atomic E-state index is 0.212. The molecule has 19 heavy (non-hydrogen) atoms. The number of nitrogens with one attached hydrogen (secondary N) is 2. The van der Waals surface area contributed by atoms with Gasteiger partial charge in [-0.3, -0.25) is 0 Å². The van der Waals surface area contributed by atoms with E-state index in [0.717, 1.165) is 17.9 Å². The molecule has 2 N–H and O–H groups in total. The van der Waals surface area contributed by atoms with Gasteiger partial charge in [0.2, 0.25) is 5.95 Å². The molecule has 0 radical (unpaired) electrons. The Balaban J connectivity index is 2.16.